The molecule has 1 aromatic carbocycles. The molecule has 0 radical (unpaired) electrons. The number of aromatic nitrogens is 2. The minimum atomic E-state index is -0.163. The lowest BCUT2D eigenvalue weighted by atomic mass is 9.96. The lowest BCUT2D eigenvalue weighted by Crippen LogP contribution is -2.38. The average Bonchev–Trinajstić information content (AvgIpc) is 2.87. The Morgan fingerprint density at radius 3 is 2.76 bits per heavy atom. The van der Waals surface area contributed by atoms with Gasteiger partial charge in [0.25, 0.3) is 0 Å². The van der Waals surface area contributed by atoms with Crippen LogP contribution in [0.3, 0.4) is 0 Å². The van der Waals surface area contributed by atoms with Gasteiger partial charge in [0, 0.05) is 5.92 Å². The Hall–Kier alpha value is -1.88. The number of nitrogens with one attached hydrogen (secondary N) is 1. The van der Waals surface area contributed by atoms with Gasteiger partial charge in [-0.15, -0.1) is 0 Å². The largest absolute Gasteiger partial charge is 0.369 e. The topological polar surface area (TPSA) is 75.0 Å². The number of primary amides is 1. The molecule has 112 valence electrons. The number of rotatable bonds is 3. The highest BCUT2D eigenvalue weighted by Crippen LogP contribution is 2.22. The van der Waals surface area contributed by atoms with Crippen LogP contribution in [-0.2, 0) is 11.3 Å². The van der Waals surface area contributed by atoms with Crippen molar-refractivity contribution in [3.63, 3.8) is 0 Å². The summed E-state index contributed by atoms with van der Waals surface area (Å²) >= 11 is 0. The van der Waals surface area contributed by atoms with Crippen molar-refractivity contribution >= 4 is 16.9 Å². The summed E-state index contributed by atoms with van der Waals surface area (Å²) < 4.78 is 0. The Labute approximate surface area is 124 Å². The summed E-state index contributed by atoms with van der Waals surface area (Å²) in [6, 6.07) is 4.21. The van der Waals surface area contributed by atoms with Crippen molar-refractivity contribution in [2.75, 3.05) is 13.1 Å². The lowest BCUT2D eigenvalue weighted by molar-refractivity contribution is -0.123. The minimum absolute atomic E-state index is 0.0433. The summed E-state index contributed by atoms with van der Waals surface area (Å²) in [7, 11) is 0. The molecule has 5 heteroatoms. The third-order valence-corrected chi connectivity index (χ3v) is 4.59. The van der Waals surface area contributed by atoms with Crippen molar-refractivity contribution in [1.29, 1.82) is 0 Å². The predicted octanol–water partition coefficient (Wildman–Crippen LogP) is 1.88. The van der Waals surface area contributed by atoms with Gasteiger partial charge in [0.2, 0.25) is 5.91 Å². The number of benzene rings is 1. The fraction of sp³-hybridized carbons (Fsp3) is 0.500. The van der Waals surface area contributed by atoms with Crippen LogP contribution in [0.4, 0.5) is 0 Å². The van der Waals surface area contributed by atoms with Crippen LogP contribution >= 0.6 is 0 Å². The number of amides is 1. The smallest absolute Gasteiger partial charge is 0.220 e. The molecule has 3 rings (SSSR count). The van der Waals surface area contributed by atoms with E-state index in [2.05, 4.69) is 35.9 Å². The van der Waals surface area contributed by atoms with Gasteiger partial charge in [0.05, 0.1) is 17.6 Å². The zero-order valence-electron chi connectivity index (χ0n) is 12.6. The fourth-order valence-electron chi connectivity index (χ4n) is 3.03. The molecule has 0 atom stereocenters. The van der Waals surface area contributed by atoms with Gasteiger partial charge >= 0.3 is 0 Å². The molecule has 1 fully saturated rings. The summed E-state index contributed by atoms with van der Waals surface area (Å²) in [5, 5.41) is 0. The number of hydrogen-bond donors (Lipinski definition) is 2. The number of carbonyl (C=O) groups is 1. The summed E-state index contributed by atoms with van der Waals surface area (Å²) in [6.07, 6.45) is 1.71. The maximum Gasteiger partial charge on any atom is 0.220 e. The maximum absolute atomic E-state index is 11.2. The van der Waals surface area contributed by atoms with E-state index in [1.165, 1.54) is 11.1 Å². The van der Waals surface area contributed by atoms with E-state index in [9.17, 15) is 4.79 Å². The quantitative estimate of drug-likeness (QED) is 0.904. The van der Waals surface area contributed by atoms with Gasteiger partial charge in [0.1, 0.15) is 5.82 Å². The molecule has 1 saturated heterocycles. The van der Waals surface area contributed by atoms with E-state index in [0.717, 1.165) is 49.3 Å². The first-order chi connectivity index (χ1) is 10.0. The molecule has 2 heterocycles. The van der Waals surface area contributed by atoms with Crippen LogP contribution in [0, 0.1) is 19.8 Å². The molecule has 0 saturated carbocycles. The highest BCUT2D eigenvalue weighted by molar-refractivity contribution is 5.79. The Kier molecular flexibility index (Phi) is 3.68. The Morgan fingerprint density at radius 2 is 2.10 bits per heavy atom. The first-order valence-electron chi connectivity index (χ1n) is 7.51. The van der Waals surface area contributed by atoms with Gasteiger partial charge in [-0.3, -0.25) is 9.69 Å². The molecule has 3 N–H and O–H groups in total. The van der Waals surface area contributed by atoms with E-state index in [-0.39, 0.29) is 11.8 Å². The molecule has 21 heavy (non-hydrogen) atoms. The van der Waals surface area contributed by atoms with Crippen molar-refractivity contribution < 1.29 is 4.79 Å². The highest BCUT2D eigenvalue weighted by Gasteiger charge is 2.23. The van der Waals surface area contributed by atoms with Gasteiger partial charge < -0.3 is 10.7 Å². The Morgan fingerprint density at radius 1 is 1.38 bits per heavy atom. The molecule has 0 aliphatic carbocycles. The summed E-state index contributed by atoms with van der Waals surface area (Å²) in [4.78, 5) is 21.7. The van der Waals surface area contributed by atoms with Crippen LogP contribution in [0.1, 0.15) is 29.8 Å². The predicted molar refractivity (Wildman–Crippen MR) is 82.8 cm³/mol. The van der Waals surface area contributed by atoms with Crippen LogP contribution in [0.25, 0.3) is 11.0 Å². The number of fused-ring (bicyclic) bond motifs is 1. The van der Waals surface area contributed by atoms with Gasteiger partial charge in [-0.25, -0.2) is 4.98 Å². The summed E-state index contributed by atoms with van der Waals surface area (Å²) in [5.74, 6) is 0.877. The number of H-pyrrole nitrogens is 1. The van der Waals surface area contributed by atoms with Gasteiger partial charge in [-0.1, -0.05) is 6.07 Å². The van der Waals surface area contributed by atoms with Crippen LogP contribution < -0.4 is 5.73 Å². The summed E-state index contributed by atoms with van der Waals surface area (Å²) in [6.45, 7) is 6.84. The fourth-order valence-corrected chi connectivity index (χ4v) is 3.03. The second kappa shape index (κ2) is 5.48. The van der Waals surface area contributed by atoms with Gasteiger partial charge in [0.15, 0.2) is 0 Å². The molecular weight excluding hydrogens is 264 g/mol. The SMILES string of the molecule is Cc1ccc2[nH]c(CN3CCC(C(N)=O)CC3)nc2c1C. The first kappa shape index (κ1) is 14.1. The molecule has 0 spiro atoms. The first-order valence-corrected chi connectivity index (χ1v) is 7.51. The third kappa shape index (κ3) is 2.78. The number of piperidine rings is 1. The second-order valence-electron chi connectivity index (χ2n) is 6.04. The van der Waals surface area contributed by atoms with Gasteiger partial charge in [-0.2, -0.15) is 0 Å². The Balaban J connectivity index is 1.71. The molecule has 1 amide bonds. The number of likely N-dealkylation sites (tertiary alicyclic amines) is 1. The number of nitrogens with two attached hydrogens (primary N) is 1. The number of nitrogens with zero attached hydrogens (tertiary/aromatic N) is 2. The number of aromatic amines is 1. The Bertz CT molecular complexity index is 668. The standard InChI is InChI=1S/C16H22N4O/c1-10-3-4-13-15(11(10)2)19-14(18-13)9-20-7-5-12(6-8-20)16(17)21/h3-4,12H,5-9H2,1-2H3,(H2,17,21)(H,18,19). The molecule has 0 unspecified atom stereocenters. The van der Waals surface area contributed by atoms with Crippen LogP contribution in [0.5, 0.6) is 0 Å². The molecule has 0 bridgehead atoms. The monoisotopic (exact) mass is 286 g/mol. The van der Waals surface area contributed by atoms with Crippen LogP contribution in [0.2, 0.25) is 0 Å². The summed E-state index contributed by atoms with van der Waals surface area (Å²) in [5.41, 5.74) is 10.0. The van der Waals surface area contributed by atoms with E-state index in [1.807, 2.05) is 0 Å². The second-order valence-corrected chi connectivity index (χ2v) is 6.04. The molecule has 1 aromatic heterocycles. The average molecular weight is 286 g/mol. The van der Waals surface area contributed by atoms with Gasteiger partial charge in [-0.05, 0) is 57.0 Å². The van der Waals surface area contributed by atoms with Crippen molar-refractivity contribution in [3.05, 3.63) is 29.1 Å². The van der Waals surface area contributed by atoms with Crippen molar-refractivity contribution in [2.24, 2.45) is 11.7 Å². The van der Waals surface area contributed by atoms with E-state index >= 15 is 0 Å². The number of aryl methyl sites for hydroxylation is 2. The van der Waals surface area contributed by atoms with Crippen molar-refractivity contribution in [2.45, 2.75) is 33.2 Å². The number of carbonyl (C=O) groups excluding carboxylic acids is 1. The third-order valence-electron chi connectivity index (χ3n) is 4.59. The minimum Gasteiger partial charge on any atom is -0.369 e. The van der Waals surface area contributed by atoms with E-state index < -0.39 is 0 Å². The lowest BCUT2D eigenvalue weighted by Gasteiger charge is -2.29. The van der Waals surface area contributed by atoms with Crippen LogP contribution in [0.15, 0.2) is 12.1 Å². The number of hydrogen-bond acceptors (Lipinski definition) is 3. The van der Waals surface area contributed by atoms with E-state index in [1.54, 1.807) is 0 Å². The maximum atomic E-state index is 11.2. The van der Waals surface area contributed by atoms with E-state index in [4.69, 9.17) is 10.7 Å². The molecule has 2 aromatic rings. The molecule has 5 nitrogen and oxygen atoms in total. The van der Waals surface area contributed by atoms with Crippen LogP contribution in [-0.4, -0.2) is 33.9 Å². The zero-order chi connectivity index (χ0) is 15.0. The normalized spacial score (nSPS) is 17.4. The zero-order valence-corrected chi connectivity index (χ0v) is 12.6. The molecule has 1 aliphatic heterocycles. The highest BCUT2D eigenvalue weighted by atomic mass is 16.1. The number of imidazole rings is 1. The van der Waals surface area contributed by atoms with E-state index in [0.29, 0.717) is 0 Å². The molecule has 1 aliphatic rings. The van der Waals surface area contributed by atoms with Crippen molar-refractivity contribution in [3.8, 4) is 0 Å². The molecular formula is C16H22N4O. The van der Waals surface area contributed by atoms with Crippen molar-refractivity contribution in [1.82, 2.24) is 14.9 Å².